The molecule has 1 aromatic heterocycles. The summed E-state index contributed by atoms with van der Waals surface area (Å²) in [5.74, 6) is -0.0573. The van der Waals surface area contributed by atoms with Crippen LogP contribution in [0, 0.1) is 13.8 Å². The van der Waals surface area contributed by atoms with E-state index in [-0.39, 0.29) is 11.8 Å². The van der Waals surface area contributed by atoms with Crippen molar-refractivity contribution in [3.05, 3.63) is 95.3 Å². The number of carbonyl (C=O) groups is 2. The molecule has 164 valence electrons. The Morgan fingerprint density at radius 3 is 2.12 bits per heavy atom. The Labute approximate surface area is 188 Å². The van der Waals surface area contributed by atoms with Crippen LogP contribution in [-0.4, -0.2) is 52.8 Å². The van der Waals surface area contributed by atoms with E-state index in [2.05, 4.69) is 21.3 Å². The summed E-state index contributed by atoms with van der Waals surface area (Å²) in [6, 6.07) is 18.9. The Hall–Kier alpha value is -3.51. The number of benzene rings is 2. The number of nitrogens with one attached hydrogen (secondary N) is 1. The van der Waals surface area contributed by atoms with Crippen molar-refractivity contribution in [1.29, 1.82) is 0 Å². The highest BCUT2D eigenvalue weighted by atomic mass is 16.2. The van der Waals surface area contributed by atoms with Gasteiger partial charge in [-0.1, -0.05) is 36.4 Å². The van der Waals surface area contributed by atoms with Crippen LogP contribution in [0.4, 0.5) is 5.69 Å². The fourth-order valence-electron chi connectivity index (χ4n) is 4.28. The summed E-state index contributed by atoms with van der Waals surface area (Å²) in [6.45, 7) is 6.43. The summed E-state index contributed by atoms with van der Waals surface area (Å²) in [7, 11) is 0. The van der Waals surface area contributed by atoms with Crippen molar-refractivity contribution in [1.82, 2.24) is 14.8 Å². The fourth-order valence-corrected chi connectivity index (χ4v) is 4.28. The van der Waals surface area contributed by atoms with Crippen molar-refractivity contribution in [2.45, 2.75) is 19.9 Å². The Kier molecular flexibility index (Phi) is 6.61. The first-order valence-electron chi connectivity index (χ1n) is 10.9. The summed E-state index contributed by atoms with van der Waals surface area (Å²) >= 11 is 0. The third-order valence-corrected chi connectivity index (χ3v) is 5.75. The summed E-state index contributed by atoms with van der Waals surface area (Å²) in [5, 5.41) is 3.11. The minimum atomic E-state index is -0.421. The molecule has 1 atom stereocenters. The molecular formula is C26H28N4O2. The maximum atomic E-state index is 13.4. The van der Waals surface area contributed by atoms with Gasteiger partial charge in [0.1, 0.15) is 6.04 Å². The summed E-state index contributed by atoms with van der Waals surface area (Å²) in [5.41, 5.74) is 4.61. The number of rotatable bonds is 5. The minimum Gasteiger partial charge on any atom is -0.336 e. The number of aromatic nitrogens is 1. The van der Waals surface area contributed by atoms with Gasteiger partial charge in [0.15, 0.2) is 0 Å². The molecule has 2 amide bonds. The maximum absolute atomic E-state index is 13.4. The molecule has 3 aromatic rings. The van der Waals surface area contributed by atoms with Crippen LogP contribution in [0.3, 0.4) is 0 Å². The average Bonchev–Trinajstić information content (AvgIpc) is 2.80. The second-order valence-electron chi connectivity index (χ2n) is 8.24. The van der Waals surface area contributed by atoms with E-state index in [4.69, 9.17) is 0 Å². The number of carbonyl (C=O) groups excluding carboxylic acids is 2. The lowest BCUT2D eigenvalue weighted by Crippen LogP contribution is -2.51. The molecular weight excluding hydrogens is 400 g/mol. The normalized spacial score (nSPS) is 15.2. The lowest BCUT2D eigenvalue weighted by molar-refractivity contribution is -0.122. The van der Waals surface area contributed by atoms with Crippen molar-refractivity contribution in [3.63, 3.8) is 0 Å². The van der Waals surface area contributed by atoms with Gasteiger partial charge in [-0.2, -0.15) is 0 Å². The zero-order valence-electron chi connectivity index (χ0n) is 18.5. The van der Waals surface area contributed by atoms with Crippen LogP contribution in [0.2, 0.25) is 0 Å². The fraction of sp³-hybridized carbons (Fsp3) is 0.269. The van der Waals surface area contributed by atoms with E-state index in [0.29, 0.717) is 31.7 Å². The molecule has 1 N–H and O–H groups in total. The highest BCUT2D eigenvalue weighted by Gasteiger charge is 2.32. The standard InChI is InChI=1S/C26H28N4O2/c1-19-16-20(2)18-23(17-19)28-25(31)24(21-6-4-3-5-7-21)29-12-14-30(15-13-29)26(32)22-8-10-27-11-9-22/h3-11,16-18,24H,12-15H2,1-2H3,(H,28,31). The highest BCUT2D eigenvalue weighted by molar-refractivity contribution is 5.96. The van der Waals surface area contributed by atoms with Crippen LogP contribution in [-0.2, 0) is 4.79 Å². The molecule has 1 unspecified atom stereocenters. The molecule has 4 rings (SSSR count). The number of amides is 2. The lowest BCUT2D eigenvalue weighted by atomic mass is 10.0. The predicted molar refractivity (Wildman–Crippen MR) is 125 cm³/mol. The Balaban J connectivity index is 1.50. The van der Waals surface area contributed by atoms with Crippen LogP contribution in [0.1, 0.15) is 33.1 Å². The third-order valence-electron chi connectivity index (χ3n) is 5.75. The zero-order chi connectivity index (χ0) is 22.5. The molecule has 1 saturated heterocycles. The number of pyridine rings is 1. The minimum absolute atomic E-state index is 0.00278. The molecule has 6 heteroatoms. The van der Waals surface area contributed by atoms with Gasteiger partial charge in [-0.15, -0.1) is 0 Å². The van der Waals surface area contributed by atoms with Crippen LogP contribution in [0.15, 0.2) is 73.1 Å². The van der Waals surface area contributed by atoms with Gasteiger partial charge in [0.2, 0.25) is 5.91 Å². The zero-order valence-corrected chi connectivity index (χ0v) is 18.5. The second kappa shape index (κ2) is 9.75. The molecule has 0 radical (unpaired) electrons. The first kappa shape index (κ1) is 21.7. The van der Waals surface area contributed by atoms with Crippen molar-refractivity contribution >= 4 is 17.5 Å². The van der Waals surface area contributed by atoms with Crippen molar-refractivity contribution < 1.29 is 9.59 Å². The SMILES string of the molecule is Cc1cc(C)cc(NC(=O)C(c2ccccc2)N2CCN(C(=O)c3ccncc3)CC2)c1. The number of hydrogen-bond donors (Lipinski definition) is 1. The number of nitrogens with zero attached hydrogens (tertiary/aromatic N) is 3. The molecule has 0 aliphatic carbocycles. The van der Waals surface area contributed by atoms with Crippen LogP contribution < -0.4 is 5.32 Å². The Bertz CT molecular complexity index is 1060. The van der Waals surface area contributed by atoms with Gasteiger partial charge in [-0.25, -0.2) is 0 Å². The number of aryl methyl sites for hydroxylation is 2. The molecule has 0 bridgehead atoms. The van der Waals surface area contributed by atoms with Crippen molar-refractivity contribution in [2.75, 3.05) is 31.5 Å². The summed E-state index contributed by atoms with van der Waals surface area (Å²) < 4.78 is 0. The van der Waals surface area contributed by atoms with Crippen molar-refractivity contribution in [2.24, 2.45) is 0 Å². The van der Waals surface area contributed by atoms with Gasteiger partial charge in [0.05, 0.1) is 0 Å². The van der Waals surface area contributed by atoms with Crippen LogP contribution in [0.25, 0.3) is 0 Å². The Morgan fingerprint density at radius 2 is 1.50 bits per heavy atom. The van der Waals surface area contributed by atoms with E-state index in [9.17, 15) is 9.59 Å². The van der Waals surface area contributed by atoms with E-state index in [1.807, 2.05) is 61.2 Å². The monoisotopic (exact) mass is 428 g/mol. The van der Waals surface area contributed by atoms with Crippen LogP contribution >= 0.6 is 0 Å². The first-order chi connectivity index (χ1) is 15.5. The lowest BCUT2D eigenvalue weighted by Gasteiger charge is -2.38. The van der Waals surface area contributed by atoms with Crippen LogP contribution in [0.5, 0.6) is 0 Å². The number of piperazine rings is 1. The number of hydrogen-bond acceptors (Lipinski definition) is 4. The third kappa shape index (κ3) is 5.03. The quantitative estimate of drug-likeness (QED) is 0.671. The number of anilines is 1. The van der Waals surface area contributed by atoms with Gasteiger partial charge >= 0.3 is 0 Å². The first-order valence-corrected chi connectivity index (χ1v) is 10.9. The maximum Gasteiger partial charge on any atom is 0.254 e. The molecule has 6 nitrogen and oxygen atoms in total. The van der Waals surface area contributed by atoms with Gasteiger partial charge < -0.3 is 10.2 Å². The van der Waals surface area contributed by atoms with Gasteiger partial charge in [-0.3, -0.25) is 19.5 Å². The molecule has 2 heterocycles. The van der Waals surface area contributed by atoms with Gasteiger partial charge in [0.25, 0.3) is 5.91 Å². The molecule has 0 spiro atoms. The molecule has 1 fully saturated rings. The van der Waals surface area contributed by atoms with E-state index < -0.39 is 6.04 Å². The van der Waals surface area contributed by atoms with E-state index in [1.54, 1.807) is 24.5 Å². The van der Waals surface area contributed by atoms with E-state index in [0.717, 1.165) is 22.4 Å². The molecule has 2 aromatic carbocycles. The molecule has 1 aliphatic heterocycles. The van der Waals surface area contributed by atoms with E-state index >= 15 is 0 Å². The Morgan fingerprint density at radius 1 is 0.875 bits per heavy atom. The molecule has 1 aliphatic rings. The van der Waals surface area contributed by atoms with Crippen molar-refractivity contribution in [3.8, 4) is 0 Å². The average molecular weight is 429 g/mol. The summed E-state index contributed by atoms with van der Waals surface area (Å²) in [4.78, 5) is 34.2. The molecule has 32 heavy (non-hydrogen) atoms. The van der Waals surface area contributed by atoms with Gasteiger partial charge in [0, 0.05) is 49.8 Å². The highest BCUT2D eigenvalue weighted by Crippen LogP contribution is 2.25. The largest absolute Gasteiger partial charge is 0.336 e. The summed E-state index contributed by atoms with van der Waals surface area (Å²) in [6.07, 6.45) is 3.26. The van der Waals surface area contributed by atoms with E-state index in [1.165, 1.54) is 0 Å². The predicted octanol–water partition coefficient (Wildman–Crippen LogP) is 3.84. The smallest absolute Gasteiger partial charge is 0.254 e. The topological polar surface area (TPSA) is 65.5 Å². The van der Waals surface area contributed by atoms with Gasteiger partial charge in [-0.05, 0) is 54.8 Å². The molecule has 0 saturated carbocycles. The second-order valence-corrected chi connectivity index (χ2v) is 8.24.